The second-order valence-corrected chi connectivity index (χ2v) is 5.30. The molecule has 2 rings (SSSR count). The second-order valence-electron chi connectivity index (χ2n) is 4.39. The first-order chi connectivity index (χ1) is 8.47. The Morgan fingerprint density at radius 3 is 2.67 bits per heavy atom. The number of hydrogen-bond donors (Lipinski definition) is 1. The predicted molar refractivity (Wildman–Crippen MR) is 69.2 cm³/mol. The summed E-state index contributed by atoms with van der Waals surface area (Å²) in [5.41, 5.74) is 6.45. The van der Waals surface area contributed by atoms with Crippen molar-refractivity contribution >= 4 is 15.9 Å². The first kappa shape index (κ1) is 13.2. The fourth-order valence-electron chi connectivity index (χ4n) is 1.46. The molecule has 2 N–H and O–H groups in total. The number of rotatable bonds is 3. The zero-order valence-corrected chi connectivity index (χ0v) is 11.6. The molecule has 6 heteroatoms. The Morgan fingerprint density at radius 1 is 1.33 bits per heavy atom. The van der Waals surface area contributed by atoms with Crippen LogP contribution in [0, 0.1) is 11.7 Å². The SMILES string of the molecule is CC(C)C(N)c1noc(-c2cc(F)cc(Br)c2)n1. The minimum absolute atomic E-state index is 0.203. The van der Waals surface area contributed by atoms with Crippen LogP contribution in [0.1, 0.15) is 25.7 Å². The van der Waals surface area contributed by atoms with Gasteiger partial charge in [-0.2, -0.15) is 4.98 Å². The number of nitrogens with zero attached hydrogens (tertiary/aromatic N) is 2. The van der Waals surface area contributed by atoms with Crippen LogP contribution in [-0.4, -0.2) is 10.1 Å². The lowest BCUT2D eigenvalue weighted by Gasteiger charge is -2.09. The Morgan fingerprint density at radius 2 is 2.06 bits per heavy atom. The minimum atomic E-state index is -0.368. The van der Waals surface area contributed by atoms with Crippen LogP contribution < -0.4 is 5.73 Å². The van der Waals surface area contributed by atoms with E-state index in [1.165, 1.54) is 12.1 Å². The minimum Gasteiger partial charge on any atom is -0.334 e. The van der Waals surface area contributed by atoms with E-state index in [0.717, 1.165) is 0 Å². The van der Waals surface area contributed by atoms with Gasteiger partial charge in [0.1, 0.15) is 5.82 Å². The topological polar surface area (TPSA) is 64.9 Å². The normalized spacial score (nSPS) is 13.0. The molecule has 0 radical (unpaired) electrons. The van der Waals surface area contributed by atoms with Gasteiger partial charge in [0, 0.05) is 10.0 Å². The first-order valence-corrected chi connectivity index (χ1v) is 6.32. The molecule has 0 saturated carbocycles. The molecule has 0 amide bonds. The zero-order valence-electron chi connectivity index (χ0n) is 10.0. The lowest BCUT2D eigenvalue weighted by atomic mass is 10.1. The molecule has 0 aliphatic rings. The number of aromatic nitrogens is 2. The Kier molecular flexibility index (Phi) is 3.77. The Labute approximate surface area is 113 Å². The smallest absolute Gasteiger partial charge is 0.258 e. The highest BCUT2D eigenvalue weighted by Gasteiger charge is 2.18. The van der Waals surface area contributed by atoms with E-state index in [1.807, 2.05) is 13.8 Å². The largest absolute Gasteiger partial charge is 0.334 e. The van der Waals surface area contributed by atoms with E-state index in [-0.39, 0.29) is 23.7 Å². The highest BCUT2D eigenvalue weighted by molar-refractivity contribution is 9.10. The molecular formula is C12H13BrFN3O. The summed E-state index contributed by atoms with van der Waals surface area (Å²) >= 11 is 3.21. The molecule has 4 nitrogen and oxygen atoms in total. The molecule has 1 atom stereocenters. The molecule has 1 heterocycles. The van der Waals surface area contributed by atoms with Gasteiger partial charge in [-0.3, -0.25) is 0 Å². The third kappa shape index (κ3) is 2.76. The summed E-state index contributed by atoms with van der Waals surface area (Å²) in [6.45, 7) is 3.94. The molecule has 0 fully saturated rings. The summed E-state index contributed by atoms with van der Waals surface area (Å²) in [5.74, 6) is 0.531. The fraction of sp³-hybridized carbons (Fsp3) is 0.333. The Bertz CT molecular complexity index is 536. The number of hydrogen-bond acceptors (Lipinski definition) is 4. The maximum atomic E-state index is 13.3. The van der Waals surface area contributed by atoms with Gasteiger partial charge in [0.05, 0.1) is 6.04 Å². The van der Waals surface area contributed by atoms with Crippen molar-refractivity contribution in [1.29, 1.82) is 0 Å². The van der Waals surface area contributed by atoms with Gasteiger partial charge in [-0.05, 0) is 24.1 Å². The summed E-state index contributed by atoms with van der Waals surface area (Å²) in [7, 11) is 0. The molecule has 1 unspecified atom stereocenters. The van der Waals surface area contributed by atoms with Gasteiger partial charge in [-0.1, -0.05) is 34.9 Å². The molecule has 2 aromatic rings. The molecule has 0 saturated heterocycles. The average Bonchev–Trinajstić information content (AvgIpc) is 2.75. The van der Waals surface area contributed by atoms with Crippen LogP contribution in [-0.2, 0) is 0 Å². The quantitative estimate of drug-likeness (QED) is 0.944. The van der Waals surface area contributed by atoms with Crippen LogP contribution in [0.15, 0.2) is 27.2 Å². The molecule has 18 heavy (non-hydrogen) atoms. The summed E-state index contributed by atoms with van der Waals surface area (Å²) in [6, 6.07) is 4.12. The fourth-order valence-corrected chi connectivity index (χ4v) is 1.93. The standard InChI is InChI=1S/C12H13BrFN3O/c1-6(2)10(15)11-16-12(18-17-11)7-3-8(13)5-9(14)4-7/h3-6,10H,15H2,1-2H3. The van der Waals surface area contributed by atoms with Crippen LogP contribution in [0.5, 0.6) is 0 Å². The highest BCUT2D eigenvalue weighted by atomic mass is 79.9. The molecule has 0 bridgehead atoms. The van der Waals surface area contributed by atoms with E-state index < -0.39 is 0 Å². The molecule has 1 aromatic heterocycles. The predicted octanol–water partition coefficient (Wildman–Crippen LogP) is 3.29. The van der Waals surface area contributed by atoms with E-state index in [0.29, 0.717) is 15.9 Å². The molecule has 0 aliphatic heterocycles. The monoisotopic (exact) mass is 313 g/mol. The highest BCUT2D eigenvalue weighted by Crippen LogP contribution is 2.25. The van der Waals surface area contributed by atoms with Gasteiger partial charge in [-0.15, -0.1) is 0 Å². The second kappa shape index (κ2) is 5.16. The number of benzene rings is 1. The van der Waals surface area contributed by atoms with Crippen molar-refractivity contribution in [1.82, 2.24) is 10.1 Å². The number of halogens is 2. The third-order valence-electron chi connectivity index (χ3n) is 2.57. The van der Waals surface area contributed by atoms with Crippen molar-refractivity contribution in [3.05, 3.63) is 34.3 Å². The van der Waals surface area contributed by atoms with Crippen molar-refractivity contribution in [3.8, 4) is 11.5 Å². The summed E-state index contributed by atoms with van der Waals surface area (Å²) in [4.78, 5) is 4.19. The number of nitrogens with two attached hydrogens (primary N) is 1. The molecule has 1 aromatic carbocycles. The van der Waals surface area contributed by atoms with Crippen LogP contribution in [0.2, 0.25) is 0 Å². The maximum Gasteiger partial charge on any atom is 0.258 e. The van der Waals surface area contributed by atoms with Gasteiger partial charge in [0.2, 0.25) is 0 Å². The van der Waals surface area contributed by atoms with E-state index in [4.69, 9.17) is 10.3 Å². The van der Waals surface area contributed by atoms with Crippen molar-refractivity contribution in [2.75, 3.05) is 0 Å². The van der Waals surface area contributed by atoms with Gasteiger partial charge in [0.25, 0.3) is 5.89 Å². The van der Waals surface area contributed by atoms with Crippen molar-refractivity contribution in [2.45, 2.75) is 19.9 Å². The summed E-state index contributed by atoms with van der Waals surface area (Å²) in [6.07, 6.45) is 0. The van der Waals surface area contributed by atoms with Crippen LogP contribution in [0.25, 0.3) is 11.5 Å². The summed E-state index contributed by atoms with van der Waals surface area (Å²) in [5, 5.41) is 3.82. The van der Waals surface area contributed by atoms with Crippen LogP contribution in [0.4, 0.5) is 4.39 Å². The maximum absolute atomic E-state index is 13.3. The van der Waals surface area contributed by atoms with E-state index >= 15 is 0 Å². The average molecular weight is 314 g/mol. The lowest BCUT2D eigenvalue weighted by Crippen LogP contribution is -2.18. The van der Waals surface area contributed by atoms with Gasteiger partial charge >= 0.3 is 0 Å². The molecular weight excluding hydrogens is 301 g/mol. The van der Waals surface area contributed by atoms with Gasteiger partial charge < -0.3 is 10.3 Å². The van der Waals surface area contributed by atoms with Crippen molar-refractivity contribution in [3.63, 3.8) is 0 Å². The van der Waals surface area contributed by atoms with E-state index in [9.17, 15) is 4.39 Å². The lowest BCUT2D eigenvalue weighted by molar-refractivity contribution is 0.400. The van der Waals surface area contributed by atoms with Gasteiger partial charge in [-0.25, -0.2) is 4.39 Å². The molecule has 96 valence electrons. The van der Waals surface area contributed by atoms with Crippen molar-refractivity contribution < 1.29 is 8.91 Å². The third-order valence-corrected chi connectivity index (χ3v) is 3.03. The van der Waals surface area contributed by atoms with E-state index in [2.05, 4.69) is 26.1 Å². The molecule has 0 aliphatic carbocycles. The summed E-state index contributed by atoms with van der Waals surface area (Å²) < 4.78 is 19.0. The van der Waals surface area contributed by atoms with Crippen LogP contribution >= 0.6 is 15.9 Å². The zero-order chi connectivity index (χ0) is 13.3. The Balaban J connectivity index is 2.35. The molecule has 0 spiro atoms. The van der Waals surface area contributed by atoms with Crippen LogP contribution in [0.3, 0.4) is 0 Å². The van der Waals surface area contributed by atoms with Gasteiger partial charge in [0.15, 0.2) is 5.82 Å². The Hall–Kier alpha value is -1.27. The first-order valence-electron chi connectivity index (χ1n) is 5.53. The van der Waals surface area contributed by atoms with Crippen molar-refractivity contribution in [2.24, 2.45) is 11.7 Å². The van der Waals surface area contributed by atoms with E-state index in [1.54, 1.807) is 6.07 Å².